The summed E-state index contributed by atoms with van der Waals surface area (Å²) in [5.74, 6) is 0.925. The molecule has 7 heteroatoms. The Hall–Kier alpha value is -0.600. The van der Waals surface area contributed by atoms with Gasteiger partial charge in [-0.15, -0.1) is 11.8 Å². The molecule has 1 amide bonds. The van der Waals surface area contributed by atoms with Crippen molar-refractivity contribution in [3.8, 4) is 0 Å². The Labute approximate surface area is 187 Å². The molecule has 0 aromatic heterocycles. The number of piperidine rings is 1. The molecule has 3 fully saturated rings. The zero-order valence-corrected chi connectivity index (χ0v) is 19.8. The Kier molecular flexibility index (Phi) is 8.14. The van der Waals surface area contributed by atoms with E-state index in [4.69, 9.17) is 0 Å². The molecule has 170 valence electrons. The van der Waals surface area contributed by atoms with E-state index in [-0.39, 0.29) is 5.91 Å². The molecule has 0 aromatic rings. The minimum Gasteiger partial charge on any atom is -0.320 e. The molecule has 1 saturated carbocycles. The van der Waals surface area contributed by atoms with Gasteiger partial charge < -0.3 is 20.4 Å². The number of likely N-dealkylation sites (tertiary alicyclic amines) is 1. The second-order valence-corrected chi connectivity index (χ2v) is 11.2. The van der Waals surface area contributed by atoms with Crippen molar-refractivity contribution in [1.29, 1.82) is 0 Å². The third-order valence-electron chi connectivity index (χ3n) is 7.67. The summed E-state index contributed by atoms with van der Waals surface area (Å²) in [5, 5.41) is 8.36. The summed E-state index contributed by atoms with van der Waals surface area (Å²) >= 11 is 1.92. The third kappa shape index (κ3) is 6.22. The maximum Gasteiger partial charge on any atom is 0.238 e. The van der Waals surface area contributed by atoms with E-state index in [9.17, 15) is 4.79 Å². The first kappa shape index (κ1) is 22.6. The van der Waals surface area contributed by atoms with E-state index in [0.717, 1.165) is 49.3 Å². The van der Waals surface area contributed by atoms with E-state index in [2.05, 4.69) is 45.5 Å². The number of carbonyl (C=O) groups is 1. The fraction of sp³-hybridized carbons (Fsp3) is 0.870. The molecule has 6 nitrogen and oxygen atoms in total. The van der Waals surface area contributed by atoms with Crippen molar-refractivity contribution in [1.82, 2.24) is 25.3 Å². The van der Waals surface area contributed by atoms with Crippen molar-refractivity contribution in [2.45, 2.75) is 62.3 Å². The lowest BCUT2D eigenvalue weighted by Gasteiger charge is -2.42. The number of hydrogen-bond acceptors (Lipinski definition) is 6. The minimum atomic E-state index is 0.118. The van der Waals surface area contributed by atoms with Crippen LogP contribution in [-0.4, -0.2) is 97.8 Å². The highest BCUT2D eigenvalue weighted by Crippen LogP contribution is 2.42. The first-order valence-corrected chi connectivity index (χ1v) is 13.0. The third-order valence-corrected chi connectivity index (χ3v) is 9.07. The highest BCUT2D eigenvalue weighted by Gasteiger charge is 2.33. The van der Waals surface area contributed by atoms with Crippen molar-refractivity contribution in [2.75, 3.05) is 59.9 Å². The monoisotopic (exact) mass is 435 g/mol. The summed E-state index contributed by atoms with van der Waals surface area (Å²) in [5.41, 5.74) is 0. The summed E-state index contributed by atoms with van der Waals surface area (Å²) in [7, 11) is 4.40. The highest BCUT2D eigenvalue weighted by molar-refractivity contribution is 8.03. The van der Waals surface area contributed by atoms with Crippen molar-refractivity contribution >= 4 is 17.7 Å². The number of carbonyl (C=O) groups excluding carboxylic acids is 1. The number of hydrogen-bond donors (Lipinski definition) is 2. The van der Waals surface area contributed by atoms with Gasteiger partial charge in [-0.25, -0.2) is 0 Å². The zero-order valence-electron chi connectivity index (χ0n) is 18.9. The van der Waals surface area contributed by atoms with Gasteiger partial charge in [0.25, 0.3) is 0 Å². The van der Waals surface area contributed by atoms with Gasteiger partial charge in [0.15, 0.2) is 0 Å². The van der Waals surface area contributed by atoms with Gasteiger partial charge in [0.05, 0.1) is 11.6 Å². The molecule has 1 unspecified atom stereocenters. The van der Waals surface area contributed by atoms with Gasteiger partial charge in [-0.2, -0.15) is 0 Å². The molecule has 2 N–H and O–H groups in total. The van der Waals surface area contributed by atoms with E-state index in [1.54, 1.807) is 0 Å². The van der Waals surface area contributed by atoms with Gasteiger partial charge in [0.2, 0.25) is 5.91 Å². The lowest BCUT2D eigenvalue weighted by atomic mass is 9.82. The van der Waals surface area contributed by atoms with Gasteiger partial charge >= 0.3 is 0 Å². The van der Waals surface area contributed by atoms with Crippen LogP contribution in [0.3, 0.4) is 0 Å². The molecule has 3 heterocycles. The SMILES string of the molecule is CN1CCC(NCC(=O)NC2=CCC(C3CCC(N4CCN(C)CC4)CC3)S2)CC1. The fourth-order valence-electron chi connectivity index (χ4n) is 5.51. The number of likely N-dealkylation sites (N-methyl/N-ethyl adjacent to an activating group) is 1. The predicted molar refractivity (Wildman–Crippen MR) is 126 cm³/mol. The fourth-order valence-corrected chi connectivity index (χ4v) is 6.86. The van der Waals surface area contributed by atoms with Crippen LogP contribution >= 0.6 is 11.8 Å². The molecule has 0 spiro atoms. The number of nitrogens with zero attached hydrogens (tertiary/aromatic N) is 3. The average molecular weight is 436 g/mol. The zero-order chi connectivity index (χ0) is 20.9. The molecule has 3 aliphatic heterocycles. The van der Waals surface area contributed by atoms with Crippen LogP contribution in [-0.2, 0) is 4.79 Å². The van der Waals surface area contributed by atoms with Crippen LogP contribution in [0, 0.1) is 5.92 Å². The lowest BCUT2D eigenvalue weighted by molar-refractivity contribution is -0.119. The van der Waals surface area contributed by atoms with Crippen LogP contribution in [0.25, 0.3) is 0 Å². The summed E-state index contributed by atoms with van der Waals surface area (Å²) in [6, 6.07) is 1.29. The van der Waals surface area contributed by atoms with Crippen LogP contribution in [0.5, 0.6) is 0 Å². The van der Waals surface area contributed by atoms with Crippen LogP contribution < -0.4 is 10.6 Å². The van der Waals surface area contributed by atoms with Gasteiger partial charge in [-0.1, -0.05) is 6.08 Å². The molecule has 1 atom stereocenters. The number of amides is 1. The minimum absolute atomic E-state index is 0.118. The standard InChI is InChI=1S/C23H41N5OS/c1-26-11-9-19(10-12-26)24-17-22(29)25-23-8-7-21(30-23)18-3-5-20(6-4-18)28-15-13-27(2)14-16-28/h8,18-21,24H,3-7,9-17H2,1-2H3,(H,25,29). The Bertz CT molecular complexity index is 590. The number of rotatable bonds is 6. The molecule has 0 radical (unpaired) electrons. The second kappa shape index (κ2) is 10.8. The Morgan fingerprint density at radius 3 is 2.33 bits per heavy atom. The maximum absolute atomic E-state index is 12.4. The second-order valence-electron chi connectivity index (χ2n) is 9.87. The van der Waals surface area contributed by atoms with Gasteiger partial charge in [0, 0.05) is 43.5 Å². The molecule has 1 aliphatic carbocycles. The Balaban J connectivity index is 1.12. The van der Waals surface area contributed by atoms with Crippen molar-refractivity contribution in [3.05, 3.63) is 11.1 Å². The van der Waals surface area contributed by atoms with Crippen molar-refractivity contribution < 1.29 is 4.79 Å². The van der Waals surface area contributed by atoms with E-state index in [1.807, 2.05) is 11.8 Å². The summed E-state index contributed by atoms with van der Waals surface area (Å²) < 4.78 is 0. The molecule has 30 heavy (non-hydrogen) atoms. The highest BCUT2D eigenvalue weighted by atomic mass is 32.2. The molecule has 2 saturated heterocycles. The number of nitrogens with one attached hydrogen (secondary N) is 2. The molecule has 0 aromatic carbocycles. The number of piperazine rings is 1. The quantitative estimate of drug-likeness (QED) is 0.665. The van der Waals surface area contributed by atoms with E-state index >= 15 is 0 Å². The summed E-state index contributed by atoms with van der Waals surface area (Å²) in [6.45, 7) is 7.61. The largest absolute Gasteiger partial charge is 0.320 e. The molecule has 4 rings (SSSR count). The van der Waals surface area contributed by atoms with Crippen LogP contribution in [0.2, 0.25) is 0 Å². The van der Waals surface area contributed by atoms with Crippen LogP contribution in [0.4, 0.5) is 0 Å². The van der Waals surface area contributed by atoms with Crippen LogP contribution in [0.1, 0.15) is 44.9 Å². The first-order valence-electron chi connectivity index (χ1n) is 12.1. The maximum atomic E-state index is 12.4. The first-order chi connectivity index (χ1) is 14.6. The van der Waals surface area contributed by atoms with Gasteiger partial charge in [0.1, 0.15) is 0 Å². The Morgan fingerprint density at radius 2 is 1.63 bits per heavy atom. The molecule has 4 aliphatic rings. The van der Waals surface area contributed by atoms with E-state index in [1.165, 1.54) is 51.9 Å². The van der Waals surface area contributed by atoms with Gasteiger partial charge in [-0.05, 0) is 78.0 Å². The van der Waals surface area contributed by atoms with Gasteiger partial charge in [-0.3, -0.25) is 9.69 Å². The Morgan fingerprint density at radius 1 is 0.967 bits per heavy atom. The number of allylic oxidation sites excluding steroid dienone is 1. The number of thioether (sulfide) groups is 1. The van der Waals surface area contributed by atoms with E-state index < -0.39 is 0 Å². The lowest BCUT2D eigenvalue weighted by Crippen LogP contribution is -2.50. The smallest absolute Gasteiger partial charge is 0.238 e. The molecular weight excluding hydrogens is 394 g/mol. The molecule has 0 bridgehead atoms. The van der Waals surface area contributed by atoms with Crippen LogP contribution in [0.15, 0.2) is 11.1 Å². The van der Waals surface area contributed by atoms with Crippen molar-refractivity contribution in [2.24, 2.45) is 5.92 Å². The summed E-state index contributed by atoms with van der Waals surface area (Å²) in [4.78, 5) is 19.9. The summed E-state index contributed by atoms with van der Waals surface area (Å²) in [6.07, 6.45) is 11.1. The van der Waals surface area contributed by atoms with Crippen molar-refractivity contribution in [3.63, 3.8) is 0 Å². The predicted octanol–water partition coefficient (Wildman–Crippen LogP) is 1.94. The molecular formula is C23H41N5OS. The van der Waals surface area contributed by atoms with E-state index in [0.29, 0.717) is 17.8 Å². The topological polar surface area (TPSA) is 50.9 Å². The normalized spacial score (nSPS) is 32.9. The average Bonchev–Trinajstić information content (AvgIpc) is 3.22.